The molecule has 2 unspecified atom stereocenters. The minimum Gasteiger partial charge on any atom is -0.387 e. The minimum absolute atomic E-state index is 0.000611. The lowest BCUT2D eigenvalue weighted by Crippen LogP contribution is -2.55. The highest BCUT2D eigenvalue weighted by molar-refractivity contribution is 5.21. The van der Waals surface area contributed by atoms with E-state index in [4.69, 9.17) is 23.7 Å². The number of nitrogens with zero attached hydrogens (tertiary/aromatic N) is 3. The van der Waals surface area contributed by atoms with E-state index in [1.54, 1.807) is 20.0 Å². The average Bonchev–Trinajstić information content (AvgIpc) is 3.80. The Morgan fingerprint density at radius 3 is 2.36 bits per heavy atom. The second-order valence-corrected chi connectivity index (χ2v) is 15.6. The third kappa shape index (κ3) is 5.51. The maximum atomic E-state index is 13.3. The summed E-state index contributed by atoms with van der Waals surface area (Å²) in [5.41, 5.74) is -1.06. The first kappa shape index (κ1) is 36.1. The van der Waals surface area contributed by atoms with Gasteiger partial charge in [-0.25, -0.2) is 14.2 Å². The predicted molar refractivity (Wildman–Crippen MR) is 191 cm³/mol. The molecule has 6 aliphatic rings. The van der Waals surface area contributed by atoms with Crippen LogP contribution in [0, 0.1) is 31.6 Å². The number of rotatable bonds is 6. The van der Waals surface area contributed by atoms with Crippen LogP contribution in [0.2, 0.25) is 0 Å². The summed E-state index contributed by atoms with van der Waals surface area (Å²) in [4.78, 5) is 51.9. The van der Waals surface area contributed by atoms with Crippen molar-refractivity contribution < 1.29 is 28.8 Å². The van der Waals surface area contributed by atoms with Gasteiger partial charge in [0.05, 0.1) is 18.8 Å². The van der Waals surface area contributed by atoms with Gasteiger partial charge in [0.15, 0.2) is 12.5 Å². The molecule has 2 N–H and O–H groups in total. The molecule has 1 aromatic carbocycles. The van der Waals surface area contributed by atoms with E-state index >= 15 is 0 Å². The summed E-state index contributed by atoms with van der Waals surface area (Å²) in [5.74, 6) is 0.494. The number of aliphatic hydroxyl groups is 1. The summed E-state index contributed by atoms with van der Waals surface area (Å²) in [6.07, 6.45) is 8.15. The van der Waals surface area contributed by atoms with Crippen molar-refractivity contribution in [3.63, 3.8) is 0 Å². The number of aryl methyl sites for hydroxylation is 2. The number of aromatic nitrogens is 4. The van der Waals surface area contributed by atoms with Gasteiger partial charge in [0.1, 0.15) is 36.2 Å². The van der Waals surface area contributed by atoms with Crippen LogP contribution in [0.5, 0.6) is 0 Å². The highest BCUT2D eigenvalue weighted by atomic mass is 16.7. The topological polar surface area (TPSA) is 165 Å². The molecule has 53 heavy (non-hydrogen) atoms. The zero-order valence-corrected chi connectivity index (χ0v) is 30.7. The van der Waals surface area contributed by atoms with E-state index in [9.17, 15) is 24.3 Å². The fourth-order valence-electron chi connectivity index (χ4n) is 9.75. The van der Waals surface area contributed by atoms with Gasteiger partial charge < -0.3 is 28.8 Å². The van der Waals surface area contributed by atoms with E-state index in [0.29, 0.717) is 17.7 Å². The Balaban J connectivity index is 0.000000160. The van der Waals surface area contributed by atoms with E-state index < -0.39 is 52.8 Å². The van der Waals surface area contributed by atoms with Crippen LogP contribution in [0.4, 0.5) is 0 Å². The van der Waals surface area contributed by atoms with Crippen molar-refractivity contribution in [1.82, 2.24) is 18.7 Å². The van der Waals surface area contributed by atoms with Crippen molar-refractivity contribution in [3.8, 4) is 0 Å². The van der Waals surface area contributed by atoms with Crippen molar-refractivity contribution >= 4 is 0 Å². The van der Waals surface area contributed by atoms with Crippen molar-refractivity contribution in [2.75, 3.05) is 0 Å². The smallest absolute Gasteiger partial charge is 0.335 e. The molecule has 6 heterocycles. The Labute approximate surface area is 305 Å². The van der Waals surface area contributed by atoms with Gasteiger partial charge in [-0.2, -0.15) is 0 Å². The number of ether oxygens (including phenoxy) is 5. The van der Waals surface area contributed by atoms with Gasteiger partial charge in [-0.1, -0.05) is 69.7 Å². The molecule has 3 aromatic rings. The number of nitrogens with one attached hydrogen (secondary N) is 1. The van der Waals surface area contributed by atoms with Crippen LogP contribution in [0.15, 0.2) is 74.1 Å². The molecule has 2 aromatic heterocycles. The second-order valence-electron chi connectivity index (χ2n) is 15.6. The standard InChI is InChI=1S/C24H28N2O5.C15H20N2O5/c1-15-12-25(22-20-17(3)24(31-22)16(2)8-7-11-19(24)30-20)23(28)26(21(15)27)14-29-13-18-9-5-4-6-10-18;1-7-6-17(14(20)16-12(7)19)13-10-11(18)15(22-13)8(2)4-3-5-9(15)21-10/h4-10,12,16-17,19-20,22H,11,13-14H2,1-3H3;6,8-11,13,18H,3-5H2,1-2H3,(H,16,19,20)/t16-,17+,19+,20-,22-,24?;8-,9+,10-,11+,13-,15?/m11/s1. The van der Waals surface area contributed by atoms with Crippen molar-refractivity contribution in [2.45, 2.75) is 128 Å². The molecule has 0 amide bonds. The zero-order valence-electron chi connectivity index (χ0n) is 30.7. The lowest BCUT2D eigenvalue weighted by molar-refractivity contribution is -0.240. The molecule has 2 spiro atoms. The highest BCUT2D eigenvalue weighted by Gasteiger charge is 2.70. The van der Waals surface area contributed by atoms with Gasteiger partial charge in [-0.15, -0.1) is 0 Å². The fourth-order valence-corrected chi connectivity index (χ4v) is 9.75. The van der Waals surface area contributed by atoms with Crippen LogP contribution in [-0.4, -0.2) is 65.5 Å². The van der Waals surface area contributed by atoms with Gasteiger partial charge in [-0.3, -0.25) is 23.7 Å². The molecule has 12 atom stereocenters. The summed E-state index contributed by atoms with van der Waals surface area (Å²) in [5, 5.41) is 10.7. The largest absolute Gasteiger partial charge is 0.387 e. The van der Waals surface area contributed by atoms with E-state index in [1.165, 1.54) is 15.3 Å². The van der Waals surface area contributed by atoms with Gasteiger partial charge in [0.2, 0.25) is 0 Å². The van der Waals surface area contributed by atoms with Crippen molar-refractivity contribution in [2.24, 2.45) is 17.8 Å². The molecule has 14 heteroatoms. The highest BCUT2D eigenvalue weighted by Crippen LogP contribution is 2.58. The number of hydrogen-bond donors (Lipinski definition) is 2. The summed E-state index contributed by atoms with van der Waals surface area (Å²) in [7, 11) is 0. The van der Waals surface area contributed by atoms with Gasteiger partial charge >= 0.3 is 11.4 Å². The predicted octanol–water partition coefficient (Wildman–Crippen LogP) is 2.82. The van der Waals surface area contributed by atoms with Crippen molar-refractivity contribution in [1.29, 1.82) is 0 Å². The second kappa shape index (κ2) is 13.4. The lowest BCUT2D eigenvalue weighted by Gasteiger charge is -2.44. The number of hydrogen-bond acceptors (Lipinski definition) is 10. The minimum atomic E-state index is -0.753. The Morgan fingerprint density at radius 2 is 1.58 bits per heavy atom. The molecule has 0 radical (unpaired) electrons. The molecule has 4 bridgehead atoms. The van der Waals surface area contributed by atoms with Crippen LogP contribution in [-0.2, 0) is 37.0 Å². The Kier molecular flexibility index (Phi) is 9.14. The molecule has 284 valence electrons. The van der Waals surface area contributed by atoms with E-state index in [2.05, 4.69) is 37.9 Å². The number of benzene rings is 1. The normalized spacial score (nSPS) is 37.6. The van der Waals surface area contributed by atoms with E-state index in [1.807, 2.05) is 30.3 Å². The first-order chi connectivity index (χ1) is 25.4. The van der Waals surface area contributed by atoms with Crippen LogP contribution >= 0.6 is 0 Å². The molecule has 2 aliphatic carbocycles. The molecule has 5 fully saturated rings. The molecule has 4 aliphatic heterocycles. The lowest BCUT2D eigenvalue weighted by atomic mass is 9.73. The van der Waals surface area contributed by atoms with Gasteiger partial charge in [0.25, 0.3) is 11.1 Å². The van der Waals surface area contributed by atoms with Crippen LogP contribution in [0.1, 0.15) is 75.6 Å². The third-order valence-electron chi connectivity index (χ3n) is 12.6. The first-order valence-electron chi connectivity index (χ1n) is 18.7. The summed E-state index contributed by atoms with van der Waals surface area (Å²) in [6, 6.07) is 9.65. The molecule has 1 saturated carbocycles. The maximum absolute atomic E-state index is 13.3. The molecule has 14 nitrogen and oxygen atoms in total. The Morgan fingerprint density at radius 1 is 0.887 bits per heavy atom. The summed E-state index contributed by atoms with van der Waals surface area (Å²) >= 11 is 0. The van der Waals surface area contributed by atoms with E-state index in [0.717, 1.165) is 35.8 Å². The van der Waals surface area contributed by atoms with Crippen molar-refractivity contribution in [3.05, 3.63) is 113 Å². The average molecular weight is 733 g/mol. The molecule has 9 rings (SSSR count). The zero-order chi connectivity index (χ0) is 37.4. The first-order valence-corrected chi connectivity index (χ1v) is 18.7. The number of H-pyrrole nitrogens is 1. The summed E-state index contributed by atoms with van der Waals surface area (Å²) in [6.45, 7) is 9.87. The fraction of sp³-hybridized carbons (Fsp3) is 0.590. The van der Waals surface area contributed by atoms with Crippen LogP contribution in [0.3, 0.4) is 0 Å². The molecule has 4 saturated heterocycles. The quantitative estimate of drug-likeness (QED) is 0.360. The molecular formula is C39H48N4O10. The van der Waals surface area contributed by atoms with Gasteiger partial charge in [0, 0.05) is 35.4 Å². The van der Waals surface area contributed by atoms with E-state index in [-0.39, 0.29) is 48.4 Å². The van der Waals surface area contributed by atoms with Crippen LogP contribution in [0.25, 0.3) is 0 Å². The maximum Gasteiger partial charge on any atom is 0.335 e. The SMILES string of the molecule is Cc1cn([C@@H]2OC34[C@H](C)C=CC[C@@H]3O[C@@H]2[C@@H]4C)c(=O)n(COCc2ccccc2)c1=O.Cc1cn([C@@H]2OC34[C@H](C)CCC[C@@H]3O[C@@H]2[C@@H]4O)c(=O)[nH]c1=O. The monoisotopic (exact) mass is 732 g/mol. The Hall–Kier alpha value is -3.92. The Bertz CT molecular complexity index is 2140. The number of fused-ring (bicyclic) bond motifs is 2. The van der Waals surface area contributed by atoms with Crippen LogP contribution < -0.4 is 22.5 Å². The third-order valence-corrected chi connectivity index (χ3v) is 12.6. The summed E-state index contributed by atoms with van der Waals surface area (Å²) < 4.78 is 34.8. The van der Waals surface area contributed by atoms with Gasteiger partial charge in [-0.05, 0) is 44.6 Å². The number of aliphatic hydroxyl groups excluding tert-OH is 1. The molecular weight excluding hydrogens is 684 g/mol. The number of aromatic amines is 1.